The van der Waals surface area contributed by atoms with E-state index < -0.39 is 0 Å². The van der Waals surface area contributed by atoms with Crippen LogP contribution in [0.5, 0.6) is 0 Å². The van der Waals surface area contributed by atoms with Crippen LogP contribution in [0.1, 0.15) is 41.6 Å². The van der Waals surface area contributed by atoms with Gasteiger partial charge in [-0.15, -0.1) is 0 Å². The predicted molar refractivity (Wildman–Crippen MR) is 103 cm³/mol. The molecular formula is C22H23N3O2. The molecule has 5 nitrogen and oxygen atoms in total. The molecule has 0 fully saturated rings. The number of hydrogen-bond donors (Lipinski definition) is 0. The number of rotatable bonds is 4. The Kier molecular flexibility index (Phi) is 5.56. The molecule has 0 radical (unpaired) electrons. The number of nitriles is 1. The molecule has 0 bridgehead atoms. The van der Waals surface area contributed by atoms with E-state index in [1.165, 1.54) is 5.56 Å². The minimum Gasteiger partial charge on any atom is -0.341 e. The average Bonchev–Trinajstić information content (AvgIpc) is 2.68. The first-order valence-corrected chi connectivity index (χ1v) is 9.07. The number of nitrogens with zero attached hydrogens (tertiary/aromatic N) is 3. The van der Waals surface area contributed by atoms with Crippen molar-refractivity contribution in [3.8, 4) is 6.07 Å². The van der Waals surface area contributed by atoms with Gasteiger partial charge >= 0.3 is 0 Å². The molecule has 0 aromatic heterocycles. The van der Waals surface area contributed by atoms with Crippen molar-refractivity contribution in [1.82, 2.24) is 9.80 Å². The van der Waals surface area contributed by atoms with Gasteiger partial charge in [-0.1, -0.05) is 36.4 Å². The molecule has 0 aliphatic carbocycles. The molecule has 27 heavy (non-hydrogen) atoms. The quantitative estimate of drug-likeness (QED) is 0.841. The van der Waals surface area contributed by atoms with E-state index in [0.29, 0.717) is 18.7 Å². The fraction of sp³-hybridized carbons (Fsp3) is 0.318. The predicted octanol–water partition coefficient (Wildman–Crippen LogP) is 3.05. The van der Waals surface area contributed by atoms with E-state index in [-0.39, 0.29) is 24.3 Å². The second-order valence-electron chi connectivity index (χ2n) is 6.94. The highest BCUT2D eigenvalue weighted by molar-refractivity contribution is 5.79. The second-order valence-corrected chi connectivity index (χ2v) is 6.94. The van der Waals surface area contributed by atoms with Gasteiger partial charge in [0.1, 0.15) is 0 Å². The molecule has 5 heteroatoms. The monoisotopic (exact) mass is 361 g/mol. The summed E-state index contributed by atoms with van der Waals surface area (Å²) >= 11 is 0. The van der Waals surface area contributed by atoms with E-state index in [4.69, 9.17) is 5.26 Å². The lowest BCUT2D eigenvalue weighted by Crippen LogP contribution is -2.41. The van der Waals surface area contributed by atoms with Crippen LogP contribution in [0.4, 0.5) is 0 Å². The highest BCUT2D eigenvalue weighted by Gasteiger charge is 2.31. The van der Waals surface area contributed by atoms with E-state index in [2.05, 4.69) is 12.1 Å². The molecular weight excluding hydrogens is 338 g/mol. The second kappa shape index (κ2) is 8.05. The molecule has 2 amide bonds. The number of hydrogen-bond acceptors (Lipinski definition) is 3. The Labute approximate surface area is 159 Å². The lowest BCUT2D eigenvalue weighted by Gasteiger charge is -2.37. The third kappa shape index (κ3) is 4.17. The SMILES string of the molecule is CC(=O)N1CCc2ccccc2C1CC(=O)N(C)Cc1ccc(C#N)cc1. The van der Waals surface area contributed by atoms with E-state index in [1.54, 1.807) is 35.9 Å². The molecule has 1 unspecified atom stereocenters. The van der Waals surface area contributed by atoms with Crippen molar-refractivity contribution in [1.29, 1.82) is 5.26 Å². The number of amides is 2. The summed E-state index contributed by atoms with van der Waals surface area (Å²) in [5, 5.41) is 8.88. The van der Waals surface area contributed by atoms with Crippen molar-refractivity contribution in [2.45, 2.75) is 32.4 Å². The summed E-state index contributed by atoms with van der Waals surface area (Å²) in [7, 11) is 1.77. The lowest BCUT2D eigenvalue weighted by atomic mass is 9.90. The van der Waals surface area contributed by atoms with Crippen LogP contribution in [0.3, 0.4) is 0 Å². The summed E-state index contributed by atoms with van der Waals surface area (Å²) in [6.07, 6.45) is 1.09. The number of benzene rings is 2. The van der Waals surface area contributed by atoms with E-state index >= 15 is 0 Å². The largest absolute Gasteiger partial charge is 0.341 e. The summed E-state index contributed by atoms with van der Waals surface area (Å²) < 4.78 is 0. The summed E-state index contributed by atoms with van der Waals surface area (Å²) in [6.45, 7) is 2.68. The molecule has 0 N–H and O–H groups in total. The minimum atomic E-state index is -0.219. The van der Waals surface area contributed by atoms with Crippen LogP contribution >= 0.6 is 0 Å². The maximum absolute atomic E-state index is 12.9. The Bertz CT molecular complexity index is 883. The molecule has 0 spiro atoms. The third-order valence-corrected chi connectivity index (χ3v) is 5.11. The highest BCUT2D eigenvalue weighted by atomic mass is 16.2. The average molecular weight is 361 g/mol. The number of carbonyl (C=O) groups excluding carboxylic acids is 2. The van der Waals surface area contributed by atoms with Gasteiger partial charge in [-0.2, -0.15) is 5.26 Å². The zero-order valence-electron chi connectivity index (χ0n) is 15.7. The zero-order valence-corrected chi connectivity index (χ0v) is 15.7. The molecule has 1 heterocycles. The van der Waals surface area contributed by atoms with Gasteiger partial charge in [0.05, 0.1) is 24.1 Å². The van der Waals surface area contributed by atoms with Crippen molar-refractivity contribution < 1.29 is 9.59 Å². The maximum Gasteiger partial charge on any atom is 0.225 e. The van der Waals surface area contributed by atoms with Crippen LogP contribution in [-0.2, 0) is 22.6 Å². The number of fused-ring (bicyclic) bond motifs is 1. The molecule has 3 rings (SSSR count). The first kappa shape index (κ1) is 18.7. The van der Waals surface area contributed by atoms with Gasteiger partial charge in [0.15, 0.2) is 0 Å². The summed E-state index contributed by atoms with van der Waals surface area (Å²) in [6, 6.07) is 17.1. The zero-order chi connectivity index (χ0) is 19.4. The molecule has 2 aromatic rings. The Morgan fingerprint density at radius 3 is 2.56 bits per heavy atom. The first-order valence-electron chi connectivity index (χ1n) is 9.07. The fourth-order valence-electron chi connectivity index (χ4n) is 3.62. The Morgan fingerprint density at radius 1 is 1.19 bits per heavy atom. The van der Waals surface area contributed by atoms with Crippen LogP contribution in [0.2, 0.25) is 0 Å². The Morgan fingerprint density at radius 2 is 1.89 bits per heavy atom. The standard InChI is InChI=1S/C22H23N3O2/c1-16(26)25-12-11-19-5-3-4-6-20(19)21(25)13-22(27)24(2)15-18-9-7-17(14-23)8-10-18/h3-10,21H,11-13,15H2,1-2H3. The van der Waals surface area contributed by atoms with E-state index in [1.807, 2.05) is 30.3 Å². The van der Waals surface area contributed by atoms with Crippen molar-refractivity contribution in [2.24, 2.45) is 0 Å². The molecule has 0 saturated carbocycles. The van der Waals surface area contributed by atoms with Crippen molar-refractivity contribution in [2.75, 3.05) is 13.6 Å². The normalized spacial score (nSPS) is 15.6. The third-order valence-electron chi connectivity index (χ3n) is 5.11. The molecule has 1 atom stereocenters. The lowest BCUT2D eigenvalue weighted by molar-refractivity contribution is -0.136. The molecule has 138 valence electrons. The minimum absolute atomic E-state index is 0.00273. The van der Waals surface area contributed by atoms with Crippen LogP contribution in [0.25, 0.3) is 0 Å². The molecule has 1 aliphatic heterocycles. The molecule has 2 aromatic carbocycles. The van der Waals surface area contributed by atoms with E-state index in [0.717, 1.165) is 17.5 Å². The number of carbonyl (C=O) groups is 2. The van der Waals surface area contributed by atoms with Gasteiger partial charge in [-0.25, -0.2) is 0 Å². The summed E-state index contributed by atoms with van der Waals surface area (Å²) in [4.78, 5) is 28.4. The van der Waals surface area contributed by atoms with Crippen molar-refractivity contribution in [3.63, 3.8) is 0 Å². The maximum atomic E-state index is 12.9. The van der Waals surface area contributed by atoms with E-state index in [9.17, 15) is 9.59 Å². The van der Waals surface area contributed by atoms with Crippen LogP contribution in [0, 0.1) is 11.3 Å². The smallest absolute Gasteiger partial charge is 0.225 e. The summed E-state index contributed by atoms with van der Waals surface area (Å²) in [5.74, 6) is -0.00985. The van der Waals surface area contributed by atoms with Gasteiger partial charge < -0.3 is 9.80 Å². The van der Waals surface area contributed by atoms with Gasteiger partial charge in [-0.3, -0.25) is 9.59 Å². The first-order chi connectivity index (χ1) is 13.0. The van der Waals surface area contributed by atoms with Gasteiger partial charge in [-0.05, 0) is 35.2 Å². The van der Waals surface area contributed by atoms with Crippen molar-refractivity contribution in [3.05, 3.63) is 70.8 Å². The van der Waals surface area contributed by atoms with Crippen LogP contribution in [0.15, 0.2) is 48.5 Å². The highest BCUT2D eigenvalue weighted by Crippen LogP contribution is 2.32. The van der Waals surface area contributed by atoms with Crippen LogP contribution < -0.4 is 0 Å². The fourth-order valence-corrected chi connectivity index (χ4v) is 3.62. The summed E-state index contributed by atoms with van der Waals surface area (Å²) in [5.41, 5.74) is 3.85. The molecule has 0 saturated heterocycles. The van der Waals surface area contributed by atoms with Crippen LogP contribution in [-0.4, -0.2) is 35.2 Å². The topological polar surface area (TPSA) is 64.4 Å². The van der Waals surface area contributed by atoms with Gasteiger partial charge in [0, 0.05) is 27.1 Å². The van der Waals surface area contributed by atoms with Gasteiger partial charge in [0.25, 0.3) is 0 Å². The molecule has 1 aliphatic rings. The Hall–Kier alpha value is -3.13. The van der Waals surface area contributed by atoms with Crippen molar-refractivity contribution >= 4 is 11.8 Å². The Balaban J connectivity index is 1.74. The van der Waals surface area contributed by atoms with Gasteiger partial charge in [0.2, 0.25) is 11.8 Å².